The lowest BCUT2D eigenvalue weighted by Crippen LogP contribution is -2.57. The Kier molecular flexibility index (Phi) is 3.42. The number of rotatable bonds is 3. The molecule has 0 amide bonds. The second kappa shape index (κ2) is 4.87. The van der Waals surface area contributed by atoms with Crippen LogP contribution >= 0.6 is 0 Å². The van der Waals surface area contributed by atoms with Gasteiger partial charge in [-0.1, -0.05) is 0 Å². The molecule has 17 heavy (non-hydrogen) atoms. The van der Waals surface area contributed by atoms with Gasteiger partial charge < -0.3 is 10.2 Å². The molecule has 3 rings (SSSR count). The van der Waals surface area contributed by atoms with E-state index in [0.29, 0.717) is 0 Å². The van der Waals surface area contributed by atoms with E-state index >= 15 is 0 Å². The zero-order valence-corrected chi connectivity index (χ0v) is 11.4. The Morgan fingerprint density at radius 3 is 2.65 bits per heavy atom. The Morgan fingerprint density at radius 2 is 2.00 bits per heavy atom. The summed E-state index contributed by atoms with van der Waals surface area (Å²) in [6.07, 6.45) is 4.33. The van der Waals surface area contributed by atoms with Crippen molar-refractivity contribution in [1.29, 1.82) is 0 Å². The van der Waals surface area contributed by atoms with Crippen LogP contribution < -0.4 is 5.32 Å². The molecule has 0 aromatic heterocycles. The van der Waals surface area contributed by atoms with Gasteiger partial charge in [-0.25, -0.2) is 0 Å². The van der Waals surface area contributed by atoms with Crippen LogP contribution in [0.5, 0.6) is 0 Å². The SMILES string of the molecule is CC1CNC(C2CC2)CN1CC1CCN(C)C1. The van der Waals surface area contributed by atoms with E-state index in [1.54, 1.807) is 0 Å². The molecule has 3 heteroatoms. The number of nitrogens with zero attached hydrogens (tertiary/aromatic N) is 2. The highest BCUT2D eigenvalue weighted by atomic mass is 15.2. The third-order valence-corrected chi connectivity index (χ3v) is 4.90. The molecule has 3 nitrogen and oxygen atoms in total. The average Bonchev–Trinajstić information content (AvgIpc) is 3.07. The number of hydrogen-bond acceptors (Lipinski definition) is 3. The van der Waals surface area contributed by atoms with Crippen molar-refractivity contribution >= 4 is 0 Å². The highest BCUT2D eigenvalue weighted by Crippen LogP contribution is 2.34. The molecule has 2 saturated heterocycles. The molecule has 0 aromatic rings. The van der Waals surface area contributed by atoms with Gasteiger partial charge in [-0.05, 0) is 51.6 Å². The van der Waals surface area contributed by atoms with E-state index < -0.39 is 0 Å². The summed E-state index contributed by atoms with van der Waals surface area (Å²) >= 11 is 0. The Balaban J connectivity index is 1.52. The quantitative estimate of drug-likeness (QED) is 0.790. The summed E-state index contributed by atoms with van der Waals surface area (Å²) in [5.41, 5.74) is 0. The molecular weight excluding hydrogens is 210 g/mol. The zero-order valence-electron chi connectivity index (χ0n) is 11.4. The number of likely N-dealkylation sites (tertiary alicyclic amines) is 1. The topological polar surface area (TPSA) is 18.5 Å². The predicted molar refractivity (Wildman–Crippen MR) is 71.2 cm³/mol. The van der Waals surface area contributed by atoms with Gasteiger partial charge >= 0.3 is 0 Å². The standard InChI is InChI=1S/C14H27N3/c1-11-7-15-14(13-3-4-13)10-17(11)9-12-5-6-16(2)8-12/h11-15H,3-10H2,1-2H3. The van der Waals surface area contributed by atoms with Crippen LogP contribution in [-0.2, 0) is 0 Å². The first kappa shape index (κ1) is 11.9. The molecule has 0 radical (unpaired) electrons. The maximum absolute atomic E-state index is 3.74. The van der Waals surface area contributed by atoms with Gasteiger partial charge in [0.15, 0.2) is 0 Å². The summed E-state index contributed by atoms with van der Waals surface area (Å²) in [5.74, 6) is 1.91. The Hall–Kier alpha value is -0.120. The van der Waals surface area contributed by atoms with Crippen LogP contribution in [0.2, 0.25) is 0 Å². The van der Waals surface area contributed by atoms with E-state index in [0.717, 1.165) is 23.9 Å². The summed E-state index contributed by atoms with van der Waals surface area (Å²) in [7, 11) is 2.26. The van der Waals surface area contributed by atoms with Crippen molar-refractivity contribution in [2.45, 2.75) is 38.3 Å². The normalized spacial score (nSPS) is 40.9. The van der Waals surface area contributed by atoms with Crippen LogP contribution in [0.1, 0.15) is 26.2 Å². The molecule has 3 unspecified atom stereocenters. The fraction of sp³-hybridized carbons (Fsp3) is 1.00. The van der Waals surface area contributed by atoms with Gasteiger partial charge in [-0.2, -0.15) is 0 Å². The highest BCUT2D eigenvalue weighted by molar-refractivity contribution is 4.94. The van der Waals surface area contributed by atoms with Gasteiger partial charge in [0.2, 0.25) is 0 Å². The van der Waals surface area contributed by atoms with E-state index in [1.807, 2.05) is 0 Å². The lowest BCUT2D eigenvalue weighted by molar-refractivity contribution is 0.114. The summed E-state index contributed by atoms with van der Waals surface area (Å²) in [6, 6.07) is 1.53. The van der Waals surface area contributed by atoms with Crippen LogP contribution in [0.15, 0.2) is 0 Å². The Bertz CT molecular complexity index is 264. The zero-order chi connectivity index (χ0) is 11.8. The lowest BCUT2D eigenvalue weighted by Gasteiger charge is -2.40. The van der Waals surface area contributed by atoms with E-state index in [4.69, 9.17) is 0 Å². The summed E-state index contributed by atoms with van der Waals surface area (Å²) in [4.78, 5) is 5.24. The average molecular weight is 237 g/mol. The van der Waals surface area contributed by atoms with Crippen molar-refractivity contribution in [2.24, 2.45) is 11.8 Å². The van der Waals surface area contributed by atoms with Crippen LogP contribution in [0.4, 0.5) is 0 Å². The fourth-order valence-electron chi connectivity index (χ4n) is 3.52. The molecule has 3 fully saturated rings. The minimum atomic E-state index is 0.732. The molecule has 0 bridgehead atoms. The first-order valence-corrected chi connectivity index (χ1v) is 7.38. The fourth-order valence-corrected chi connectivity index (χ4v) is 3.52. The maximum Gasteiger partial charge on any atom is 0.0224 e. The summed E-state index contributed by atoms with van der Waals surface area (Å²) < 4.78 is 0. The maximum atomic E-state index is 3.74. The molecule has 0 aromatic carbocycles. The third kappa shape index (κ3) is 2.83. The van der Waals surface area contributed by atoms with Crippen molar-refractivity contribution in [3.05, 3.63) is 0 Å². The third-order valence-electron chi connectivity index (χ3n) is 4.90. The van der Waals surface area contributed by atoms with Crippen LogP contribution in [-0.4, -0.2) is 61.7 Å². The predicted octanol–water partition coefficient (Wildman–Crippen LogP) is 1.01. The second-order valence-electron chi connectivity index (χ2n) is 6.57. The van der Waals surface area contributed by atoms with Gasteiger partial charge in [0.05, 0.1) is 0 Å². The first-order chi connectivity index (χ1) is 8.22. The Morgan fingerprint density at radius 1 is 1.18 bits per heavy atom. The number of piperazine rings is 1. The monoisotopic (exact) mass is 237 g/mol. The lowest BCUT2D eigenvalue weighted by atomic mass is 10.0. The number of hydrogen-bond donors (Lipinski definition) is 1. The van der Waals surface area contributed by atoms with E-state index in [2.05, 4.69) is 29.1 Å². The molecule has 98 valence electrons. The van der Waals surface area contributed by atoms with Crippen LogP contribution in [0, 0.1) is 11.8 Å². The molecular formula is C14H27N3. The van der Waals surface area contributed by atoms with Gasteiger partial charge in [0, 0.05) is 38.3 Å². The minimum Gasteiger partial charge on any atom is -0.311 e. The van der Waals surface area contributed by atoms with Crippen LogP contribution in [0.3, 0.4) is 0 Å². The second-order valence-corrected chi connectivity index (χ2v) is 6.57. The van der Waals surface area contributed by atoms with E-state index in [9.17, 15) is 0 Å². The van der Waals surface area contributed by atoms with Gasteiger partial charge in [0.1, 0.15) is 0 Å². The van der Waals surface area contributed by atoms with E-state index in [1.165, 1.54) is 52.0 Å². The number of nitrogens with one attached hydrogen (secondary N) is 1. The van der Waals surface area contributed by atoms with Gasteiger partial charge in [-0.15, -0.1) is 0 Å². The van der Waals surface area contributed by atoms with Crippen molar-refractivity contribution in [2.75, 3.05) is 39.8 Å². The molecule has 2 aliphatic heterocycles. The molecule has 0 spiro atoms. The smallest absolute Gasteiger partial charge is 0.0224 e. The molecule has 1 saturated carbocycles. The van der Waals surface area contributed by atoms with Gasteiger partial charge in [-0.3, -0.25) is 4.90 Å². The highest BCUT2D eigenvalue weighted by Gasteiger charge is 2.36. The molecule has 3 atom stereocenters. The molecule has 1 aliphatic carbocycles. The van der Waals surface area contributed by atoms with Crippen molar-refractivity contribution in [3.8, 4) is 0 Å². The van der Waals surface area contributed by atoms with Gasteiger partial charge in [0.25, 0.3) is 0 Å². The summed E-state index contributed by atoms with van der Waals surface area (Å²) in [6.45, 7) is 8.82. The molecule has 3 aliphatic rings. The molecule has 2 heterocycles. The minimum absolute atomic E-state index is 0.732. The van der Waals surface area contributed by atoms with Crippen molar-refractivity contribution in [3.63, 3.8) is 0 Å². The largest absolute Gasteiger partial charge is 0.311 e. The summed E-state index contributed by atoms with van der Waals surface area (Å²) in [5, 5.41) is 3.74. The first-order valence-electron chi connectivity index (χ1n) is 7.38. The van der Waals surface area contributed by atoms with Crippen LogP contribution in [0.25, 0.3) is 0 Å². The van der Waals surface area contributed by atoms with Crippen molar-refractivity contribution in [1.82, 2.24) is 15.1 Å². The molecule has 1 N–H and O–H groups in total. The van der Waals surface area contributed by atoms with E-state index in [-0.39, 0.29) is 0 Å². The Labute approximate surface area is 106 Å². The van der Waals surface area contributed by atoms with Crippen molar-refractivity contribution < 1.29 is 0 Å².